The van der Waals surface area contributed by atoms with Crippen LogP contribution in [0.2, 0.25) is 0 Å². The molecule has 8 atom stereocenters. The molecule has 0 aromatic heterocycles. The lowest BCUT2D eigenvalue weighted by atomic mass is 9.40. The first-order valence-corrected chi connectivity index (χ1v) is 9.82. The summed E-state index contributed by atoms with van der Waals surface area (Å²) in [4.78, 5) is 12.1. The van der Waals surface area contributed by atoms with Gasteiger partial charge in [0.2, 0.25) is 0 Å². The van der Waals surface area contributed by atoms with E-state index in [-0.39, 0.29) is 29.3 Å². The number of aliphatic hydroxyl groups excluding tert-OH is 2. The average Bonchev–Trinajstić information content (AvgIpc) is 2.73. The van der Waals surface area contributed by atoms with Gasteiger partial charge in [-0.3, -0.25) is 4.79 Å². The van der Waals surface area contributed by atoms with Crippen LogP contribution in [-0.4, -0.2) is 34.0 Å². The lowest BCUT2D eigenvalue weighted by Gasteiger charge is -2.63. The molecule has 4 aliphatic rings. The SMILES string of the molecule is C[C@@]12CCC[C@@](C)(C(=O)O)[C@H]1CC[C@@]13C[C@@H](CC[C@@H]21)[C@H](CO)[C@H]3O. The van der Waals surface area contributed by atoms with Crippen molar-refractivity contribution < 1.29 is 20.1 Å². The minimum absolute atomic E-state index is 0.0138. The van der Waals surface area contributed by atoms with E-state index >= 15 is 0 Å². The monoisotopic (exact) mass is 336 g/mol. The maximum Gasteiger partial charge on any atom is 0.309 e. The van der Waals surface area contributed by atoms with Gasteiger partial charge >= 0.3 is 5.97 Å². The van der Waals surface area contributed by atoms with E-state index in [0.29, 0.717) is 11.8 Å². The van der Waals surface area contributed by atoms with E-state index in [2.05, 4.69) is 6.92 Å². The summed E-state index contributed by atoms with van der Waals surface area (Å²) in [5, 5.41) is 30.8. The number of fused-ring (bicyclic) bond motifs is 3. The Kier molecular flexibility index (Phi) is 3.65. The van der Waals surface area contributed by atoms with Crippen LogP contribution in [-0.2, 0) is 4.79 Å². The highest BCUT2D eigenvalue weighted by Crippen LogP contribution is 2.72. The molecule has 0 heterocycles. The molecule has 136 valence electrons. The number of carboxylic acids is 1. The largest absolute Gasteiger partial charge is 0.481 e. The van der Waals surface area contributed by atoms with Crippen LogP contribution in [0, 0.1) is 39.9 Å². The molecule has 4 nitrogen and oxygen atoms in total. The highest BCUT2D eigenvalue weighted by Gasteiger charge is 2.68. The second-order valence-electron chi connectivity index (χ2n) is 9.79. The molecule has 3 N–H and O–H groups in total. The van der Waals surface area contributed by atoms with Crippen LogP contribution in [0.5, 0.6) is 0 Å². The zero-order valence-electron chi connectivity index (χ0n) is 15.0. The summed E-state index contributed by atoms with van der Waals surface area (Å²) in [5.41, 5.74) is -0.677. The van der Waals surface area contributed by atoms with Crippen LogP contribution >= 0.6 is 0 Å². The van der Waals surface area contributed by atoms with E-state index in [9.17, 15) is 20.1 Å². The van der Waals surface area contributed by atoms with Crippen molar-refractivity contribution >= 4 is 5.97 Å². The molecule has 0 aromatic rings. The molecular formula is C20H32O4. The number of rotatable bonds is 2. The normalized spacial score (nSPS) is 56.4. The third-order valence-electron chi connectivity index (χ3n) is 9.13. The summed E-state index contributed by atoms with van der Waals surface area (Å²) in [5.74, 6) is 0.470. The standard InChI is InChI=1S/C20H32O4/c1-18-7-3-8-19(2,17(23)24)14(18)6-9-20-10-12(4-5-15(18)20)13(11-21)16(20)22/h12-16,21-22H,3-11H2,1-2H3,(H,23,24)/t12-,13+,14+,15+,16-,18-,19-,20-/m1/s1. The number of aliphatic carboxylic acids is 1. The van der Waals surface area contributed by atoms with Crippen molar-refractivity contribution in [1.29, 1.82) is 0 Å². The Morgan fingerprint density at radius 3 is 2.50 bits per heavy atom. The Morgan fingerprint density at radius 1 is 1.08 bits per heavy atom. The number of hydrogen-bond donors (Lipinski definition) is 3. The Bertz CT molecular complexity index is 548. The lowest BCUT2D eigenvalue weighted by molar-refractivity contribution is -0.192. The molecule has 4 saturated carbocycles. The van der Waals surface area contributed by atoms with Crippen molar-refractivity contribution in [2.75, 3.05) is 6.61 Å². The van der Waals surface area contributed by atoms with Gasteiger partial charge in [0, 0.05) is 17.9 Å². The molecule has 0 unspecified atom stereocenters. The van der Waals surface area contributed by atoms with Crippen LogP contribution in [0.3, 0.4) is 0 Å². The number of carbonyl (C=O) groups is 1. The maximum atomic E-state index is 12.1. The average molecular weight is 336 g/mol. The number of aliphatic hydroxyl groups is 2. The Balaban J connectivity index is 1.75. The molecule has 4 aliphatic carbocycles. The summed E-state index contributed by atoms with van der Waals surface area (Å²) in [6, 6.07) is 0. The predicted molar refractivity (Wildman–Crippen MR) is 90.3 cm³/mol. The zero-order valence-corrected chi connectivity index (χ0v) is 15.0. The van der Waals surface area contributed by atoms with Crippen LogP contribution in [0.1, 0.15) is 65.2 Å². The van der Waals surface area contributed by atoms with Crippen LogP contribution in [0.4, 0.5) is 0 Å². The van der Waals surface area contributed by atoms with Crippen molar-refractivity contribution in [2.45, 2.75) is 71.3 Å². The first-order valence-electron chi connectivity index (χ1n) is 9.82. The van der Waals surface area contributed by atoms with Gasteiger partial charge in [-0.05, 0) is 75.0 Å². The topological polar surface area (TPSA) is 77.8 Å². The maximum absolute atomic E-state index is 12.1. The van der Waals surface area contributed by atoms with Gasteiger partial charge in [0.05, 0.1) is 11.5 Å². The molecule has 0 amide bonds. The summed E-state index contributed by atoms with van der Waals surface area (Å²) in [6.07, 6.45) is 7.52. The van der Waals surface area contributed by atoms with Crippen molar-refractivity contribution in [1.82, 2.24) is 0 Å². The minimum Gasteiger partial charge on any atom is -0.481 e. The summed E-state index contributed by atoms with van der Waals surface area (Å²) >= 11 is 0. The number of carboxylic acid groups (broad SMARTS) is 1. The Labute approximate surface area is 144 Å². The summed E-state index contributed by atoms with van der Waals surface area (Å²) < 4.78 is 0. The van der Waals surface area contributed by atoms with Gasteiger partial charge in [0.1, 0.15) is 0 Å². The van der Waals surface area contributed by atoms with E-state index < -0.39 is 17.5 Å². The van der Waals surface area contributed by atoms with Crippen molar-refractivity contribution in [3.63, 3.8) is 0 Å². The van der Waals surface area contributed by atoms with Crippen LogP contribution in [0.25, 0.3) is 0 Å². The van der Waals surface area contributed by atoms with E-state index in [0.717, 1.165) is 51.4 Å². The first kappa shape index (κ1) is 16.8. The van der Waals surface area contributed by atoms with Gasteiger partial charge in [0.25, 0.3) is 0 Å². The van der Waals surface area contributed by atoms with Crippen molar-refractivity contribution in [3.8, 4) is 0 Å². The van der Waals surface area contributed by atoms with Gasteiger partial charge in [-0.15, -0.1) is 0 Å². The van der Waals surface area contributed by atoms with Gasteiger partial charge in [-0.25, -0.2) is 0 Å². The third kappa shape index (κ3) is 1.85. The lowest BCUT2D eigenvalue weighted by Crippen LogP contribution is -2.60. The molecule has 1 spiro atoms. The van der Waals surface area contributed by atoms with Gasteiger partial charge < -0.3 is 15.3 Å². The fourth-order valence-corrected chi connectivity index (χ4v) is 8.08. The van der Waals surface area contributed by atoms with Gasteiger partial charge in [0.15, 0.2) is 0 Å². The smallest absolute Gasteiger partial charge is 0.309 e. The molecule has 2 bridgehead atoms. The predicted octanol–water partition coefficient (Wildman–Crippen LogP) is 3.06. The molecule has 24 heavy (non-hydrogen) atoms. The second-order valence-corrected chi connectivity index (χ2v) is 9.79. The quantitative estimate of drug-likeness (QED) is 0.724. The highest BCUT2D eigenvalue weighted by molar-refractivity contribution is 5.75. The highest BCUT2D eigenvalue weighted by atomic mass is 16.4. The molecule has 4 heteroatoms. The van der Waals surface area contributed by atoms with E-state index in [1.165, 1.54) is 0 Å². The van der Waals surface area contributed by atoms with Crippen LogP contribution < -0.4 is 0 Å². The summed E-state index contributed by atoms with van der Waals surface area (Å²) in [6.45, 7) is 4.37. The molecular weight excluding hydrogens is 304 g/mol. The summed E-state index contributed by atoms with van der Waals surface area (Å²) in [7, 11) is 0. The van der Waals surface area contributed by atoms with Crippen LogP contribution in [0.15, 0.2) is 0 Å². The first-order chi connectivity index (χ1) is 11.3. The molecule has 0 aromatic carbocycles. The van der Waals surface area contributed by atoms with E-state index in [4.69, 9.17) is 0 Å². The number of hydrogen-bond acceptors (Lipinski definition) is 3. The molecule has 4 rings (SSSR count). The minimum atomic E-state index is -0.636. The van der Waals surface area contributed by atoms with E-state index in [1.807, 2.05) is 6.92 Å². The Hall–Kier alpha value is -0.610. The fourth-order valence-electron chi connectivity index (χ4n) is 8.08. The molecule has 0 radical (unpaired) electrons. The molecule has 4 fully saturated rings. The zero-order chi connectivity index (χ0) is 17.3. The fraction of sp³-hybridized carbons (Fsp3) is 0.950. The Morgan fingerprint density at radius 2 is 1.83 bits per heavy atom. The molecule has 0 saturated heterocycles. The van der Waals surface area contributed by atoms with Crippen molar-refractivity contribution in [3.05, 3.63) is 0 Å². The second kappa shape index (κ2) is 5.20. The van der Waals surface area contributed by atoms with Gasteiger partial charge in [-0.1, -0.05) is 13.3 Å². The third-order valence-corrected chi connectivity index (χ3v) is 9.13. The van der Waals surface area contributed by atoms with Crippen molar-refractivity contribution in [2.24, 2.45) is 39.9 Å². The molecule has 0 aliphatic heterocycles. The van der Waals surface area contributed by atoms with E-state index in [1.54, 1.807) is 0 Å². The van der Waals surface area contributed by atoms with Gasteiger partial charge in [-0.2, -0.15) is 0 Å².